The molecule has 3 aromatic rings. The van der Waals surface area contributed by atoms with E-state index in [4.69, 9.17) is 18.6 Å². The van der Waals surface area contributed by atoms with Crippen LogP contribution in [0.4, 0.5) is 0 Å². The summed E-state index contributed by atoms with van der Waals surface area (Å²) in [5.41, 5.74) is 5.17. The largest absolute Gasteiger partial charge is 0.497 e. The third-order valence-corrected chi connectivity index (χ3v) is 6.82. The van der Waals surface area contributed by atoms with Crippen LogP contribution >= 0.6 is 0 Å². The number of carbonyl (C=O) groups is 2. The number of ether oxygens (including phenoxy) is 3. The monoisotopic (exact) mass is 491 g/mol. The van der Waals surface area contributed by atoms with Crippen LogP contribution in [-0.2, 0) is 14.3 Å². The maximum Gasteiger partial charge on any atom is 0.309 e. The minimum absolute atomic E-state index is 0.0742. The van der Waals surface area contributed by atoms with Crippen LogP contribution in [0, 0.1) is 12.8 Å². The van der Waals surface area contributed by atoms with E-state index in [9.17, 15) is 9.59 Å². The van der Waals surface area contributed by atoms with Crippen molar-refractivity contribution in [2.45, 2.75) is 33.6 Å². The van der Waals surface area contributed by atoms with Crippen LogP contribution in [-0.4, -0.2) is 50.7 Å². The van der Waals surface area contributed by atoms with E-state index >= 15 is 0 Å². The highest BCUT2D eigenvalue weighted by Crippen LogP contribution is 2.41. The molecule has 0 bridgehead atoms. The Morgan fingerprint density at radius 3 is 2.56 bits per heavy atom. The van der Waals surface area contributed by atoms with E-state index in [1.165, 1.54) is 0 Å². The Labute approximate surface area is 211 Å². The quantitative estimate of drug-likeness (QED) is 0.315. The van der Waals surface area contributed by atoms with Crippen molar-refractivity contribution in [1.82, 2.24) is 4.90 Å². The standard InChI is InChI=1S/C29H33NO6/c1-6-35-29(32)20-10-12-30(13-11-20)26(31)14-18(2)23-16-24-25(21-8-7-9-22(15-21)33-4)17-36-28(24)19(3)27(23)34-5/h7-9,14-17,20H,6,10-13H2,1-5H3/b18-14+. The van der Waals surface area contributed by atoms with Gasteiger partial charge in [0, 0.05) is 41.2 Å². The average molecular weight is 492 g/mol. The second-order valence-electron chi connectivity index (χ2n) is 9.02. The first-order chi connectivity index (χ1) is 17.4. The molecule has 190 valence electrons. The zero-order valence-electron chi connectivity index (χ0n) is 21.6. The van der Waals surface area contributed by atoms with Crippen LogP contribution in [0.15, 0.2) is 47.1 Å². The molecule has 0 atom stereocenters. The van der Waals surface area contributed by atoms with Crippen LogP contribution in [0.1, 0.15) is 37.8 Å². The number of hydrogen-bond acceptors (Lipinski definition) is 6. The van der Waals surface area contributed by atoms with Gasteiger partial charge in [-0.3, -0.25) is 9.59 Å². The van der Waals surface area contributed by atoms with E-state index in [1.54, 1.807) is 38.4 Å². The summed E-state index contributed by atoms with van der Waals surface area (Å²) >= 11 is 0. The Hall–Kier alpha value is -3.74. The molecule has 1 aliphatic heterocycles. The fourth-order valence-corrected chi connectivity index (χ4v) is 4.84. The third kappa shape index (κ3) is 4.96. The Morgan fingerprint density at radius 2 is 1.89 bits per heavy atom. The van der Waals surface area contributed by atoms with E-state index in [1.807, 2.05) is 44.2 Å². The van der Waals surface area contributed by atoms with Crippen molar-refractivity contribution >= 4 is 28.4 Å². The van der Waals surface area contributed by atoms with Gasteiger partial charge in [-0.05, 0) is 62.9 Å². The van der Waals surface area contributed by atoms with Crippen molar-refractivity contribution in [3.8, 4) is 22.6 Å². The van der Waals surface area contributed by atoms with Crippen molar-refractivity contribution in [2.24, 2.45) is 5.92 Å². The minimum atomic E-state index is -0.170. The number of aryl methyl sites for hydroxylation is 1. The number of likely N-dealkylation sites (tertiary alicyclic amines) is 1. The fraction of sp³-hybridized carbons (Fsp3) is 0.379. The van der Waals surface area contributed by atoms with Gasteiger partial charge in [0.2, 0.25) is 5.91 Å². The number of nitrogens with zero attached hydrogens (tertiary/aromatic N) is 1. The molecule has 2 aromatic carbocycles. The summed E-state index contributed by atoms with van der Waals surface area (Å²) < 4.78 is 22.2. The first-order valence-electron chi connectivity index (χ1n) is 12.2. The molecule has 2 heterocycles. The second-order valence-corrected chi connectivity index (χ2v) is 9.02. The van der Waals surface area contributed by atoms with E-state index < -0.39 is 0 Å². The van der Waals surface area contributed by atoms with Crippen molar-refractivity contribution < 1.29 is 28.2 Å². The Bertz CT molecular complexity index is 1300. The first kappa shape index (κ1) is 25.4. The summed E-state index contributed by atoms with van der Waals surface area (Å²) in [6.45, 7) is 7.12. The predicted octanol–water partition coefficient (Wildman–Crippen LogP) is 5.63. The van der Waals surface area contributed by atoms with Crippen molar-refractivity contribution in [3.63, 3.8) is 0 Å². The highest BCUT2D eigenvalue weighted by atomic mass is 16.5. The minimum Gasteiger partial charge on any atom is -0.497 e. The number of fused-ring (bicyclic) bond motifs is 1. The number of allylic oxidation sites excluding steroid dienone is 1. The maximum absolute atomic E-state index is 13.1. The molecule has 4 rings (SSSR count). The van der Waals surface area contributed by atoms with E-state index in [2.05, 4.69) is 0 Å². The molecule has 36 heavy (non-hydrogen) atoms. The topological polar surface area (TPSA) is 78.2 Å². The summed E-state index contributed by atoms with van der Waals surface area (Å²) in [5, 5.41) is 0.937. The van der Waals surface area contributed by atoms with Crippen molar-refractivity contribution in [3.05, 3.63) is 53.8 Å². The van der Waals surface area contributed by atoms with Gasteiger partial charge in [0.1, 0.15) is 17.1 Å². The van der Waals surface area contributed by atoms with Gasteiger partial charge in [0.15, 0.2) is 0 Å². The average Bonchev–Trinajstić information content (AvgIpc) is 3.33. The van der Waals surface area contributed by atoms with Gasteiger partial charge in [-0.15, -0.1) is 0 Å². The Balaban J connectivity index is 1.64. The van der Waals surface area contributed by atoms with Gasteiger partial charge in [-0.25, -0.2) is 0 Å². The molecule has 7 heteroatoms. The van der Waals surface area contributed by atoms with Crippen LogP contribution in [0.2, 0.25) is 0 Å². The van der Waals surface area contributed by atoms with Crippen LogP contribution in [0.5, 0.6) is 11.5 Å². The van der Waals surface area contributed by atoms with Crippen molar-refractivity contribution in [2.75, 3.05) is 33.9 Å². The van der Waals surface area contributed by atoms with E-state index in [-0.39, 0.29) is 17.8 Å². The molecule has 0 radical (unpaired) electrons. The zero-order valence-corrected chi connectivity index (χ0v) is 21.6. The molecule has 1 amide bonds. The number of carbonyl (C=O) groups excluding carboxylic acids is 2. The molecule has 0 N–H and O–H groups in total. The lowest BCUT2D eigenvalue weighted by molar-refractivity contribution is -0.150. The lowest BCUT2D eigenvalue weighted by Gasteiger charge is -2.30. The number of benzene rings is 2. The fourth-order valence-electron chi connectivity index (χ4n) is 4.84. The summed E-state index contributed by atoms with van der Waals surface area (Å²) in [7, 11) is 3.27. The highest BCUT2D eigenvalue weighted by Gasteiger charge is 2.28. The number of hydrogen-bond donors (Lipinski definition) is 0. The number of rotatable bonds is 7. The van der Waals surface area contributed by atoms with Gasteiger partial charge < -0.3 is 23.5 Å². The van der Waals surface area contributed by atoms with Gasteiger partial charge in [-0.2, -0.15) is 0 Å². The molecule has 1 aliphatic rings. The number of amides is 1. The molecule has 0 aliphatic carbocycles. The molecule has 7 nitrogen and oxygen atoms in total. The maximum atomic E-state index is 13.1. The lowest BCUT2D eigenvalue weighted by Crippen LogP contribution is -2.40. The summed E-state index contributed by atoms with van der Waals surface area (Å²) in [4.78, 5) is 26.9. The molecule has 0 spiro atoms. The SMILES string of the molecule is CCOC(=O)C1CCN(C(=O)/C=C(\C)c2cc3c(-c4cccc(OC)c4)coc3c(C)c2OC)CC1. The Kier molecular flexibility index (Phi) is 7.67. The first-order valence-corrected chi connectivity index (χ1v) is 12.2. The van der Waals surface area contributed by atoms with E-state index in [0.29, 0.717) is 38.3 Å². The number of esters is 1. The van der Waals surface area contributed by atoms with E-state index in [0.717, 1.165) is 44.5 Å². The van der Waals surface area contributed by atoms with Gasteiger partial charge >= 0.3 is 5.97 Å². The second kappa shape index (κ2) is 10.9. The normalized spacial score (nSPS) is 14.7. The molecule has 1 aromatic heterocycles. The van der Waals surface area contributed by atoms with Crippen LogP contribution < -0.4 is 9.47 Å². The smallest absolute Gasteiger partial charge is 0.309 e. The van der Waals surface area contributed by atoms with Gasteiger partial charge in [-0.1, -0.05) is 12.1 Å². The van der Waals surface area contributed by atoms with Crippen LogP contribution in [0.25, 0.3) is 27.7 Å². The molecule has 1 fully saturated rings. The number of piperidine rings is 1. The number of furan rings is 1. The predicted molar refractivity (Wildman–Crippen MR) is 139 cm³/mol. The van der Waals surface area contributed by atoms with Crippen LogP contribution in [0.3, 0.4) is 0 Å². The molecular formula is C29H33NO6. The molecule has 0 saturated carbocycles. The molecule has 0 unspecified atom stereocenters. The zero-order chi connectivity index (χ0) is 25.8. The summed E-state index contributed by atoms with van der Waals surface area (Å²) in [6.07, 6.45) is 4.63. The summed E-state index contributed by atoms with van der Waals surface area (Å²) in [5.74, 6) is 1.06. The van der Waals surface area contributed by atoms with Gasteiger partial charge in [0.25, 0.3) is 0 Å². The highest BCUT2D eigenvalue weighted by molar-refractivity contribution is 6.01. The molecule has 1 saturated heterocycles. The third-order valence-electron chi connectivity index (χ3n) is 6.82. The Morgan fingerprint density at radius 1 is 1.14 bits per heavy atom. The number of methoxy groups -OCH3 is 2. The lowest BCUT2D eigenvalue weighted by atomic mass is 9.95. The summed E-state index contributed by atoms with van der Waals surface area (Å²) in [6, 6.07) is 9.85. The molecular weight excluding hydrogens is 458 g/mol. The van der Waals surface area contributed by atoms with Gasteiger partial charge in [0.05, 0.1) is 33.0 Å². The van der Waals surface area contributed by atoms with Crippen molar-refractivity contribution in [1.29, 1.82) is 0 Å².